The van der Waals surface area contributed by atoms with E-state index in [0.29, 0.717) is 5.82 Å². The number of rotatable bonds is 1. The monoisotopic (exact) mass is 170 g/mol. The van der Waals surface area contributed by atoms with Crippen LogP contribution in [0.5, 0.6) is 0 Å². The van der Waals surface area contributed by atoms with Crippen molar-refractivity contribution in [2.24, 2.45) is 0 Å². The Labute approximate surface area is 76.5 Å². The van der Waals surface area contributed by atoms with E-state index in [-0.39, 0.29) is 0 Å². The van der Waals surface area contributed by atoms with E-state index in [1.807, 2.05) is 13.0 Å². The summed E-state index contributed by atoms with van der Waals surface area (Å²) in [7, 11) is 0. The van der Waals surface area contributed by atoms with Crippen molar-refractivity contribution in [3.63, 3.8) is 0 Å². The molecule has 0 aliphatic heterocycles. The molecule has 13 heavy (non-hydrogen) atoms. The fourth-order valence-electron chi connectivity index (χ4n) is 1.06. The third-order valence-corrected chi connectivity index (χ3v) is 1.65. The van der Waals surface area contributed by atoms with Crippen LogP contribution < -0.4 is 0 Å². The molecule has 0 unspecified atom stereocenters. The van der Waals surface area contributed by atoms with Crippen molar-refractivity contribution < 1.29 is 0 Å². The molecule has 1 radical (unpaired) electrons. The number of hydrogen-bond acceptors (Lipinski definition) is 3. The first-order valence-electron chi connectivity index (χ1n) is 3.98. The van der Waals surface area contributed by atoms with Crippen LogP contribution in [0.3, 0.4) is 0 Å². The number of pyridine rings is 1. The first kappa shape index (κ1) is 7.86. The first-order valence-corrected chi connectivity index (χ1v) is 3.98. The Morgan fingerprint density at radius 1 is 1.15 bits per heavy atom. The van der Waals surface area contributed by atoms with E-state index in [1.54, 1.807) is 24.7 Å². The van der Waals surface area contributed by atoms with Gasteiger partial charge in [0.25, 0.3) is 0 Å². The van der Waals surface area contributed by atoms with Gasteiger partial charge in [-0.05, 0) is 19.1 Å². The van der Waals surface area contributed by atoms with Crippen LogP contribution in [0.1, 0.15) is 5.69 Å². The fourth-order valence-corrected chi connectivity index (χ4v) is 1.06. The quantitative estimate of drug-likeness (QED) is 0.653. The van der Waals surface area contributed by atoms with Crippen LogP contribution in [0.15, 0.2) is 30.7 Å². The average molecular weight is 170 g/mol. The molecule has 2 aromatic heterocycles. The fraction of sp³-hybridized carbons (Fsp3) is 0.100. The zero-order valence-corrected chi connectivity index (χ0v) is 7.23. The lowest BCUT2D eigenvalue weighted by Gasteiger charge is -1.98. The molecule has 3 heteroatoms. The minimum absolute atomic E-state index is 0.688. The summed E-state index contributed by atoms with van der Waals surface area (Å²) in [4.78, 5) is 12.3. The molecular weight excluding hydrogens is 162 g/mol. The van der Waals surface area contributed by atoms with Crippen LogP contribution in [0, 0.1) is 13.0 Å². The molecule has 0 fully saturated rings. The highest BCUT2D eigenvalue weighted by atomic mass is 14.9. The van der Waals surface area contributed by atoms with E-state index < -0.39 is 0 Å². The van der Waals surface area contributed by atoms with Gasteiger partial charge >= 0.3 is 0 Å². The van der Waals surface area contributed by atoms with Crippen molar-refractivity contribution >= 4 is 0 Å². The third-order valence-electron chi connectivity index (χ3n) is 1.65. The minimum Gasteiger partial charge on any atom is -0.261 e. The van der Waals surface area contributed by atoms with Crippen LogP contribution in [-0.4, -0.2) is 15.0 Å². The summed E-state index contributed by atoms with van der Waals surface area (Å²) in [6, 6.07) is 6.69. The molecule has 0 aliphatic carbocycles. The Kier molecular flexibility index (Phi) is 2.00. The Balaban J connectivity index is 2.48. The van der Waals surface area contributed by atoms with Gasteiger partial charge in [0.05, 0.1) is 0 Å². The van der Waals surface area contributed by atoms with Crippen LogP contribution in [0.25, 0.3) is 11.4 Å². The second kappa shape index (κ2) is 3.31. The molecule has 2 rings (SSSR count). The van der Waals surface area contributed by atoms with E-state index in [1.165, 1.54) is 0 Å². The number of aromatic nitrogens is 3. The number of hydrogen-bond donors (Lipinski definition) is 0. The summed E-state index contributed by atoms with van der Waals surface area (Å²) >= 11 is 0. The van der Waals surface area contributed by atoms with Gasteiger partial charge in [-0.2, -0.15) is 0 Å². The zero-order chi connectivity index (χ0) is 9.10. The Bertz CT molecular complexity index is 398. The lowest BCUT2D eigenvalue weighted by molar-refractivity contribution is 1.15. The summed E-state index contributed by atoms with van der Waals surface area (Å²) < 4.78 is 0. The largest absolute Gasteiger partial charge is 0.261 e. The molecule has 2 heterocycles. The molecule has 0 atom stereocenters. The average Bonchev–Trinajstić information content (AvgIpc) is 2.19. The maximum Gasteiger partial charge on any atom is 0.159 e. The van der Waals surface area contributed by atoms with Crippen molar-refractivity contribution in [3.05, 3.63) is 42.5 Å². The minimum atomic E-state index is 0.688. The molecule has 0 aliphatic rings. The molecule has 0 saturated carbocycles. The van der Waals surface area contributed by atoms with Gasteiger partial charge < -0.3 is 0 Å². The van der Waals surface area contributed by atoms with Crippen molar-refractivity contribution in [1.82, 2.24) is 15.0 Å². The predicted molar refractivity (Wildman–Crippen MR) is 48.8 cm³/mol. The molecule has 0 saturated heterocycles. The molecular formula is C10H8N3. The SMILES string of the molecule is Cc1cc(-c2ncccn2)[c]cn1. The van der Waals surface area contributed by atoms with Gasteiger partial charge in [0, 0.05) is 35.9 Å². The molecule has 2 aromatic rings. The lowest BCUT2D eigenvalue weighted by Crippen LogP contribution is -1.88. The van der Waals surface area contributed by atoms with E-state index in [2.05, 4.69) is 21.0 Å². The summed E-state index contributed by atoms with van der Waals surface area (Å²) in [6.45, 7) is 1.93. The van der Waals surface area contributed by atoms with Gasteiger partial charge in [0.1, 0.15) is 0 Å². The lowest BCUT2D eigenvalue weighted by atomic mass is 10.2. The summed E-state index contributed by atoms with van der Waals surface area (Å²) in [6.07, 6.45) is 5.07. The van der Waals surface area contributed by atoms with E-state index in [0.717, 1.165) is 11.3 Å². The number of aryl methyl sites for hydroxylation is 1. The molecule has 63 valence electrons. The van der Waals surface area contributed by atoms with Gasteiger partial charge in [-0.1, -0.05) is 0 Å². The summed E-state index contributed by atoms with van der Waals surface area (Å²) in [5, 5.41) is 0. The molecule has 0 spiro atoms. The smallest absolute Gasteiger partial charge is 0.159 e. The molecule has 0 aromatic carbocycles. The highest BCUT2D eigenvalue weighted by molar-refractivity contribution is 5.53. The predicted octanol–water partition coefficient (Wildman–Crippen LogP) is 1.65. The van der Waals surface area contributed by atoms with E-state index in [4.69, 9.17) is 0 Å². The molecule has 0 bridgehead atoms. The Morgan fingerprint density at radius 2 is 1.92 bits per heavy atom. The number of nitrogens with zero attached hydrogens (tertiary/aromatic N) is 3. The second-order valence-corrected chi connectivity index (χ2v) is 2.67. The molecule has 0 amide bonds. The van der Waals surface area contributed by atoms with Crippen LogP contribution >= 0.6 is 0 Å². The van der Waals surface area contributed by atoms with Crippen LogP contribution in [0.4, 0.5) is 0 Å². The summed E-state index contributed by atoms with van der Waals surface area (Å²) in [5.74, 6) is 0.688. The van der Waals surface area contributed by atoms with Crippen molar-refractivity contribution in [2.45, 2.75) is 6.92 Å². The van der Waals surface area contributed by atoms with Gasteiger partial charge in [-0.25, -0.2) is 9.97 Å². The van der Waals surface area contributed by atoms with E-state index in [9.17, 15) is 0 Å². The van der Waals surface area contributed by atoms with Crippen LogP contribution in [-0.2, 0) is 0 Å². The third kappa shape index (κ3) is 1.69. The van der Waals surface area contributed by atoms with Crippen molar-refractivity contribution in [2.75, 3.05) is 0 Å². The zero-order valence-electron chi connectivity index (χ0n) is 7.23. The highest BCUT2D eigenvalue weighted by Gasteiger charge is 1.99. The van der Waals surface area contributed by atoms with Crippen LogP contribution in [0.2, 0.25) is 0 Å². The Morgan fingerprint density at radius 3 is 2.62 bits per heavy atom. The second-order valence-electron chi connectivity index (χ2n) is 2.67. The molecule has 3 nitrogen and oxygen atoms in total. The topological polar surface area (TPSA) is 38.7 Å². The van der Waals surface area contributed by atoms with E-state index >= 15 is 0 Å². The van der Waals surface area contributed by atoms with Gasteiger partial charge in [-0.3, -0.25) is 4.98 Å². The standard InChI is InChI=1S/C10H8N3/c1-8-7-9(3-6-11-8)10-12-4-2-5-13-10/h2,4-7H,1H3. The van der Waals surface area contributed by atoms with Gasteiger partial charge in [0.2, 0.25) is 0 Å². The summed E-state index contributed by atoms with van der Waals surface area (Å²) in [5.41, 5.74) is 1.83. The first-order chi connectivity index (χ1) is 6.36. The van der Waals surface area contributed by atoms with Gasteiger partial charge in [-0.15, -0.1) is 0 Å². The van der Waals surface area contributed by atoms with Crippen molar-refractivity contribution in [1.29, 1.82) is 0 Å². The molecule has 0 N–H and O–H groups in total. The van der Waals surface area contributed by atoms with Crippen molar-refractivity contribution in [3.8, 4) is 11.4 Å². The maximum atomic E-state index is 4.12. The Hall–Kier alpha value is -1.77. The maximum absolute atomic E-state index is 4.12. The normalized spacial score (nSPS) is 9.92. The van der Waals surface area contributed by atoms with Gasteiger partial charge in [0.15, 0.2) is 5.82 Å². The highest BCUT2D eigenvalue weighted by Crippen LogP contribution is 2.12.